The molecule has 42 heavy (non-hydrogen) atoms. The largest absolute Gasteiger partial charge is 0.462 e. The number of carbonyl (C=O) groups excluding carboxylic acids is 2. The topological polar surface area (TPSA) is 73.2 Å². The average molecular weight is 572 g/mol. The van der Waals surface area contributed by atoms with Crippen LogP contribution in [0.1, 0.15) is 49.7 Å². The molecule has 1 aliphatic carbocycles. The molecule has 0 fully saturated rings. The van der Waals surface area contributed by atoms with E-state index >= 15 is 0 Å². The van der Waals surface area contributed by atoms with Crippen molar-refractivity contribution in [3.8, 4) is 5.75 Å². The van der Waals surface area contributed by atoms with Crippen LogP contribution in [0.15, 0.2) is 115 Å². The molecule has 0 bridgehead atoms. The van der Waals surface area contributed by atoms with Gasteiger partial charge in [0.2, 0.25) is 0 Å². The number of rotatable bonds is 7. The van der Waals surface area contributed by atoms with Gasteiger partial charge in [-0.15, -0.1) is 0 Å². The molecule has 7 heteroatoms. The molecule has 4 aromatic carbocycles. The first kappa shape index (κ1) is 27.0. The van der Waals surface area contributed by atoms with Gasteiger partial charge in [-0.05, 0) is 66.6 Å². The Labute approximate surface area is 248 Å². The zero-order valence-corrected chi connectivity index (χ0v) is 23.3. The molecule has 6 nitrogen and oxygen atoms in total. The van der Waals surface area contributed by atoms with Crippen LogP contribution in [0.3, 0.4) is 0 Å². The van der Waals surface area contributed by atoms with E-state index in [1.54, 1.807) is 30.3 Å². The summed E-state index contributed by atoms with van der Waals surface area (Å²) >= 11 is 6.03. The third kappa shape index (κ3) is 6.09. The first-order chi connectivity index (χ1) is 20.5. The summed E-state index contributed by atoms with van der Waals surface area (Å²) < 4.78 is 7.71. The summed E-state index contributed by atoms with van der Waals surface area (Å²) in [5.41, 5.74) is 5.10. The number of ether oxygens (including phenoxy) is 1. The van der Waals surface area contributed by atoms with E-state index in [1.807, 2.05) is 97.1 Å². The number of anilines is 1. The van der Waals surface area contributed by atoms with Gasteiger partial charge in [0.05, 0.1) is 11.4 Å². The van der Waals surface area contributed by atoms with E-state index in [2.05, 4.69) is 5.32 Å². The monoisotopic (exact) mass is 571 g/mol. The Morgan fingerprint density at radius 3 is 2.26 bits per heavy atom. The van der Waals surface area contributed by atoms with Crippen molar-refractivity contribution in [2.24, 2.45) is 0 Å². The molecule has 0 radical (unpaired) electrons. The molecule has 0 saturated carbocycles. The number of nitrogens with zero attached hydrogens (tertiary/aromatic N) is 2. The summed E-state index contributed by atoms with van der Waals surface area (Å²) in [6, 6.07) is 32.9. The van der Waals surface area contributed by atoms with Gasteiger partial charge in [0.25, 0.3) is 11.8 Å². The van der Waals surface area contributed by atoms with Gasteiger partial charge < -0.3 is 10.1 Å². The number of fused-ring (bicyclic) bond motifs is 1. The highest BCUT2D eigenvalue weighted by Gasteiger charge is 2.24. The Morgan fingerprint density at radius 1 is 0.810 bits per heavy atom. The molecule has 1 amide bonds. The Morgan fingerprint density at radius 2 is 1.52 bits per heavy atom. The minimum atomic E-state index is -0.221. The third-order valence-electron chi connectivity index (χ3n) is 6.87. The smallest absolute Gasteiger partial charge is 0.278 e. The van der Waals surface area contributed by atoms with Crippen molar-refractivity contribution < 1.29 is 14.3 Å². The van der Waals surface area contributed by atoms with Gasteiger partial charge in [0.15, 0.2) is 0 Å². The zero-order chi connectivity index (χ0) is 28.9. The van der Waals surface area contributed by atoms with Gasteiger partial charge in [-0.2, -0.15) is 9.78 Å². The molecular formula is C35H26ClN3O3. The van der Waals surface area contributed by atoms with Crippen LogP contribution in [-0.4, -0.2) is 21.6 Å². The summed E-state index contributed by atoms with van der Waals surface area (Å²) in [6.45, 7) is 0. The number of amides is 1. The maximum absolute atomic E-state index is 13.5. The SMILES string of the molecule is O=C(Nc1cccc(OC2=Cc3c(c(/C=C/c4ccc(Cl)cc4)nn3C(=O)c3ccccc3)CC2)c1)c1ccccc1. The fourth-order valence-electron chi connectivity index (χ4n) is 4.76. The van der Waals surface area contributed by atoms with Gasteiger partial charge >= 0.3 is 0 Å². The molecule has 206 valence electrons. The highest BCUT2D eigenvalue weighted by molar-refractivity contribution is 6.30. The average Bonchev–Trinajstić information content (AvgIpc) is 3.39. The predicted octanol–water partition coefficient (Wildman–Crippen LogP) is 8.01. The lowest BCUT2D eigenvalue weighted by Crippen LogP contribution is -2.17. The molecule has 1 N–H and O–H groups in total. The molecule has 6 rings (SSSR count). The highest BCUT2D eigenvalue weighted by Crippen LogP contribution is 2.31. The molecule has 0 saturated heterocycles. The van der Waals surface area contributed by atoms with Crippen LogP contribution in [0.2, 0.25) is 5.02 Å². The molecule has 0 unspecified atom stereocenters. The molecule has 1 heterocycles. The van der Waals surface area contributed by atoms with E-state index in [0.717, 1.165) is 16.8 Å². The lowest BCUT2D eigenvalue weighted by molar-refractivity contribution is 0.0943. The predicted molar refractivity (Wildman–Crippen MR) is 167 cm³/mol. The molecular weight excluding hydrogens is 546 g/mol. The van der Waals surface area contributed by atoms with Crippen molar-refractivity contribution in [1.29, 1.82) is 0 Å². The van der Waals surface area contributed by atoms with E-state index in [1.165, 1.54) is 4.68 Å². The Hall–Kier alpha value is -5.20. The van der Waals surface area contributed by atoms with Crippen molar-refractivity contribution in [2.75, 3.05) is 5.32 Å². The number of benzene rings is 4. The van der Waals surface area contributed by atoms with Crippen molar-refractivity contribution in [1.82, 2.24) is 9.78 Å². The van der Waals surface area contributed by atoms with Crippen LogP contribution < -0.4 is 10.1 Å². The number of halogens is 1. The molecule has 1 aromatic heterocycles. The van der Waals surface area contributed by atoms with E-state index in [4.69, 9.17) is 21.4 Å². The first-order valence-electron chi connectivity index (χ1n) is 13.5. The van der Waals surface area contributed by atoms with E-state index in [-0.39, 0.29) is 11.8 Å². The molecule has 1 aliphatic rings. The minimum absolute atomic E-state index is 0.197. The molecule has 0 atom stereocenters. The number of allylic oxidation sites excluding steroid dienone is 1. The van der Waals surface area contributed by atoms with Crippen LogP contribution in [0.4, 0.5) is 5.69 Å². The molecule has 0 aliphatic heterocycles. The summed E-state index contributed by atoms with van der Waals surface area (Å²) in [5.74, 6) is 0.862. The van der Waals surface area contributed by atoms with Crippen molar-refractivity contribution in [2.45, 2.75) is 12.8 Å². The van der Waals surface area contributed by atoms with Crippen LogP contribution >= 0.6 is 11.6 Å². The Bertz CT molecular complexity index is 1810. The fourth-order valence-corrected chi connectivity index (χ4v) is 4.89. The summed E-state index contributed by atoms with van der Waals surface area (Å²) in [6.07, 6.45) is 7.03. The second kappa shape index (κ2) is 12.1. The fraction of sp³-hybridized carbons (Fsp3) is 0.0571. The maximum Gasteiger partial charge on any atom is 0.278 e. The summed E-state index contributed by atoms with van der Waals surface area (Å²) in [5, 5.41) is 8.31. The summed E-state index contributed by atoms with van der Waals surface area (Å²) in [4.78, 5) is 26.1. The molecule has 5 aromatic rings. The number of hydrogen-bond donors (Lipinski definition) is 1. The quantitative estimate of drug-likeness (QED) is 0.215. The third-order valence-corrected chi connectivity index (χ3v) is 7.12. The number of aromatic nitrogens is 2. The van der Waals surface area contributed by atoms with Gasteiger partial charge in [-0.3, -0.25) is 9.59 Å². The van der Waals surface area contributed by atoms with Gasteiger partial charge in [0, 0.05) is 46.0 Å². The van der Waals surface area contributed by atoms with Crippen LogP contribution in [-0.2, 0) is 6.42 Å². The zero-order valence-electron chi connectivity index (χ0n) is 22.5. The minimum Gasteiger partial charge on any atom is -0.462 e. The van der Waals surface area contributed by atoms with E-state index in [9.17, 15) is 9.59 Å². The first-order valence-corrected chi connectivity index (χ1v) is 13.9. The second-order valence-corrected chi connectivity index (χ2v) is 10.2. The number of hydrogen-bond acceptors (Lipinski definition) is 4. The van der Waals surface area contributed by atoms with Gasteiger partial charge in [-0.25, -0.2) is 0 Å². The van der Waals surface area contributed by atoms with Crippen molar-refractivity contribution in [3.05, 3.63) is 154 Å². The van der Waals surface area contributed by atoms with Crippen molar-refractivity contribution >= 4 is 47.3 Å². The lowest BCUT2D eigenvalue weighted by Gasteiger charge is -2.16. The standard InChI is InChI=1S/C35H26ClN3O3/c36-27-17-14-24(15-18-27)16-21-32-31-20-19-30(23-33(31)39(38-32)35(41)26-10-5-2-6-11-26)42-29-13-7-12-28(22-29)37-34(40)25-8-3-1-4-9-25/h1-18,21-23H,19-20H2,(H,37,40)/b21-16+. The van der Waals surface area contributed by atoms with Crippen molar-refractivity contribution in [3.63, 3.8) is 0 Å². The van der Waals surface area contributed by atoms with E-state index < -0.39 is 0 Å². The second-order valence-electron chi connectivity index (χ2n) is 9.78. The lowest BCUT2D eigenvalue weighted by atomic mass is 9.99. The van der Waals surface area contributed by atoms with Crippen LogP contribution in [0, 0.1) is 0 Å². The Balaban J connectivity index is 1.29. The number of nitrogens with one attached hydrogen (secondary N) is 1. The normalized spacial score (nSPS) is 12.5. The van der Waals surface area contributed by atoms with Gasteiger partial charge in [0.1, 0.15) is 11.5 Å². The summed E-state index contributed by atoms with van der Waals surface area (Å²) in [7, 11) is 0. The number of carbonyl (C=O) groups is 2. The highest BCUT2D eigenvalue weighted by atomic mass is 35.5. The van der Waals surface area contributed by atoms with Crippen LogP contribution in [0.25, 0.3) is 18.2 Å². The molecule has 0 spiro atoms. The Kier molecular flexibility index (Phi) is 7.79. The van der Waals surface area contributed by atoms with E-state index in [0.29, 0.717) is 51.9 Å². The maximum atomic E-state index is 13.5. The van der Waals surface area contributed by atoms with Gasteiger partial charge in [-0.1, -0.05) is 72.3 Å². The van der Waals surface area contributed by atoms with Crippen LogP contribution in [0.5, 0.6) is 5.75 Å².